The van der Waals surface area contributed by atoms with Crippen LogP contribution in [0.15, 0.2) is 22.7 Å². The summed E-state index contributed by atoms with van der Waals surface area (Å²) in [4.78, 5) is 11.9. The average molecular weight is 334 g/mol. The van der Waals surface area contributed by atoms with Crippen LogP contribution in [0.1, 0.15) is 10.4 Å². The molecule has 1 saturated heterocycles. The summed E-state index contributed by atoms with van der Waals surface area (Å²) in [5, 5.41) is 6.57. The molecule has 1 aliphatic rings. The van der Waals surface area contributed by atoms with Gasteiger partial charge in [0.15, 0.2) is 0 Å². The molecule has 0 aromatic heterocycles. The van der Waals surface area contributed by atoms with E-state index in [-0.39, 0.29) is 12.0 Å². The number of benzene rings is 1. The summed E-state index contributed by atoms with van der Waals surface area (Å²) in [6.45, 7) is 2.82. The number of morpholine rings is 1. The maximum absolute atomic E-state index is 11.9. The Bertz CT molecular complexity index is 436. The number of amides is 1. The molecule has 1 fully saturated rings. The van der Waals surface area contributed by atoms with Crippen LogP contribution in [0.2, 0.25) is 5.02 Å². The minimum absolute atomic E-state index is 0.0358. The van der Waals surface area contributed by atoms with E-state index >= 15 is 0 Å². The van der Waals surface area contributed by atoms with Gasteiger partial charge >= 0.3 is 0 Å². The van der Waals surface area contributed by atoms with E-state index in [0.717, 1.165) is 17.6 Å². The molecular formula is C12H14BrClN2O2. The largest absolute Gasteiger partial charge is 0.374 e. The van der Waals surface area contributed by atoms with Crippen LogP contribution >= 0.6 is 27.5 Å². The molecule has 1 aromatic rings. The first kappa shape index (κ1) is 13.8. The van der Waals surface area contributed by atoms with Gasteiger partial charge in [0.05, 0.1) is 17.7 Å². The second-order valence-electron chi connectivity index (χ2n) is 4.04. The van der Waals surface area contributed by atoms with E-state index in [2.05, 4.69) is 26.6 Å². The summed E-state index contributed by atoms with van der Waals surface area (Å²) in [6.07, 6.45) is 0.0358. The molecule has 1 unspecified atom stereocenters. The van der Waals surface area contributed by atoms with E-state index in [1.165, 1.54) is 0 Å². The summed E-state index contributed by atoms with van der Waals surface area (Å²) in [7, 11) is 0. The average Bonchev–Trinajstić information content (AvgIpc) is 2.40. The van der Waals surface area contributed by atoms with Gasteiger partial charge in [0.25, 0.3) is 5.91 Å². The third-order valence-electron chi connectivity index (χ3n) is 2.68. The van der Waals surface area contributed by atoms with Gasteiger partial charge in [-0.3, -0.25) is 4.79 Å². The highest BCUT2D eigenvalue weighted by Gasteiger charge is 2.15. The molecule has 0 aliphatic carbocycles. The van der Waals surface area contributed by atoms with Crippen molar-refractivity contribution in [2.45, 2.75) is 6.10 Å². The van der Waals surface area contributed by atoms with E-state index in [1.54, 1.807) is 18.2 Å². The third-order valence-corrected chi connectivity index (χ3v) is 3.91. The number of carbonyl (C=O) groups excluding carboxylic acids is 1. The third kappa shape index (κ3) is 3.68. The summed E-state index contributed by atoms with van der Waals surface area (Å²) in [6, 6.07) is 5.13. The fourth-order valence-corrected chi connectivity index (χ4v) is 2.12. The molecule has 1 heterocycles. The normalized spacial score (nSPS) is 19.6. The molecule has 2 rings (SSSR count). The molecule has 0 saturated carbocycles. The van der Waals surface area contributed by atoms with Gasteiger partial charge in [-0.1, -0.05) is 11.6 Å². The van der Waals surface area contributed by atoms with Gasteiger partial charge < -0.3 is 15.4 Å². The minimum atomic E-state index is -0.140. The molecule has 1 amide bonds. The molecule has 1 aromatic carbocycles. The van der Waals surface area contributed by atoms with Gasteiger partial charge in [0, 0.05) is 29.7 Å². The predicted molar refractivity (Wildman–Crippen MR) is 74.1 cm³/mol. The Kier molecular flexibility index (Phi) is 5.00. The molecule has 1 aliphatic heterocycles. The van der Waals surface area contributed by atoms with Crippen molar-refractivity contribution in [2.24, 2.45) is 0 Å². The van der Waals surface area contributed by atoms with Crippen molar-refractivity contribution in [3.8, 4) is 0 Å². The molecule has 2 N–H and O–H groups in total. The van der Waals surface area contributed by atoms with E-state index in [4.69, 9.17) is 16.3 Å². The highest BCUT2D eigenvalue weighted by atomic mass is 79.9. The molecule has 0 radical (unpaired) electrons. The Morgan fingerprint density at radius 2 is 2.44 bits per heavy atom. The molecule has 0 bridgehead atoms. The van der Waals surface area contributed by atoms with Crippen LogP contribution in [0.25, 0.3) is 0 Å². The molecule has 18 heavy (non-hydrogen) atoms. The molecular weight excluding hydrogens is 320 g/mol. The number of ether oxygens (including phenoxy) is 1. The number of hydrogen-bond donors (Lipinski definition) is 2. The standard InChI is InChI=1S/C12H14BrClN2O2/c13-10-2-1-8(5-11(10)14)12(17)16-7-9-6-15-3-4-18-9/h1-2,5,9,15H,3-4,6-7H2,(H,16,17). The minimum Gasteiger partial charge on any atom is -0.374 e. The van der Waals surface area contributed by atoms with Crippen LogP contribution in [-0.4, -0.2) is 38.3 Å². The Labute approximate surface area is 119 Å². The SMILES string of the molecule is O=C(NCC1CNCCO1)c1ccc(Br)c(Cl)c1. The summed E-state index contributed by atoms with van der Waals surface area (Å²) in [5.74, 6) is -0.140. The van der Waals surface area contributed by atoms with Crippen molar-refractivity contribution in [2.75, 3.05) is 26.2 Å². The van der Waals surface area contributed by atoms with Crippen molar-refractivity contribution in [1.29, 1.82) is 0 Å². The first-order chi connectivity index (χ1) is 8.66. The zero-order valence-corrected chi connectivity index (χ0v) is 12.1. The van der Waals surface area contributed by atoms with Crippen LogP contribution in [0, 0.1) is 0 Å². The molecule has 0 spiro atoms. The molecule has 1 atom stereocenters. The maximum atomic E-state index is 11.9. The fraction of sp³-hybridized carbons (Fsp3) is 0.417. The quantitative estimate of drug-likeness (QED) is 0.887. The van der Waals surface area contributed by atoms with Crippen LogP contribution in [0.3, 0.4) is 0 Å². The van der Waals surface area contributed by atoms with Crippen molar-refractivity contribution >= 4 is 33.4 Å². The highest BCUT2D eigenvalue weighted by Crippen LogP contribution is 2.23. The van der Waals surface area contributed by atoms with Crippen molar-refractivity contribution in [3.63, 3.8) is 0 Å². The number of rotatable bonds is 3. The van der Waals surface area contributed by atoms with Gasteiger partial charge in [0.2, 0.25) is 0 Å². The van der Waals surface area contributed by atoms with E-state index in [1.807, 2.05) is 0 Å². The lowest BCUT2D eigenvalue weighted by Crippen LogP contribution is -2.45. The van der Waals surface area contributed by atoms with Crippen molar-refractivity contribution < 1.29 is 9.53 Å². The lowest BCUT2D eigenvalue weighted by atomic mass is 10.2. The maximum Gasteiger partial charge on any atom is 0.251 e. The summed E-state index contributed by atoms with van der Waals surface area (Å²) < 4.78 is 6.27. The van der Waals surface area contributed by atoms with Crippen LogP contribution < -0.4 is 10.6 Å². The monoisotopic (exact) mass is 332 g/mol. The molecule has 98 valence electrons. The van der Waals surface area contributed by atoms with Crippen LogP contribution in [0.4, 0.5) is 0 Å². The molecule has 6 heteroatoms. The van der Waals surface area contributed by atoms with Crippen molar-refractivity contribution in [1.82, 2.24) is 10.6 Å². The predicted octanol–water partition coefficient (Wildman–Crippen LogP) is 1.82. The second-order valence-corrected chi connectivity index (χ2v) is 5.30. The van der Waals surface area contributed by atoms with Crippen molar-refractivity contribution in [3.05, 3.63) is 33.3 Å². The number of nitrogens with one attached hydrogen (secondary N) is 2. The van der Waals surface area contributed by atoms with Gasteiger partial charge in [-0.15, -0.1) is 0 Å². The Hall–Kier alpha value is -0.620. The smallest absolute Gasteiger partial charge is 0.251 e. The van der Waals surface area contributed by atoms with Crippen LogP contribution in [-0.2, 0) is 4.74 Å². The fourth-order valence-electron chi connectivity index (χ4n) is 1.70. The van der Waals surface area contributed by atoms with E-state index in [9.17, 15) is 4.79 Å². The number of carbonyl (C=O) groups is 1. The number of halogens is 2. The highest BCUT2D eigenvalue weighted by molar-refractivity contribution is 9.10. The zero-order valence-electron chi connectivity index (χ0n) is 9.71. The van der Waals surface area contributed by atoms with E-state index < -0.39 is 0 Å². The topological polar surface area (TPSA) is 50.4 Å². The first-order valence-corrected chi connectivity index (χ1v) is 6.89. The zero-order chi connectivity index (χ0) is 13.0. The first-order valence-electron chi connectivity index (χ1n) is 5.72. The lowest BCUT2D eigenvalue weighted by molar-refractivity contribution is 0.0287. The lowest BCUT2D eigenvalue weighted by Gasteiger charge is -2.23. The Morgan fingerprint density at radius 3 is 3.11 bits per heavy atom. The summed E-state index contributed by atoms with van der Waals surface area (Å²) in [5.41, 5.74) is 0.548. The van der Waals surface area contributed by atoms with Gasteiger partial charge in [-0.2, -0.15) is 0 Å². The number of hydrogen-bond acceptors (Lipinski definition) is 3. The molecule has 4 nitrogen and oxygen atoms in total. The summed E-state index contributed by atoms with van der Waals surface area (Å²) >= 11 is 9.23. The second kappa shape index (κ2) is 6.52. The van der Waals surface area contributed by atoms with E-state index in [0.29, 0.717) is 23.7 Å². The Balaban J connectivity index is 1.88. The van der Waals surface area contributed by atoms with Crippen LogP contribution in [0.5, 0.6) is 0 Å². The van der Waals surface area contributed by atoms with Gasteiger partial charge in [0.1, 0.15) is 0 Å². The van der Waals surface area contributed by atoms with Gasteiger partial charge in [-0.05, 0) is 34.1 Å². The van der Waals surface area contributed by atoms with Gasteiger partial charge in [-0.25, -0.2) is 0 Å². The Morgan fingerprint density at radius 1 is 1.61 bits per heavy atom.